The van der Waals surface area contributed by atoms with Gasteiger partial charge < -0.3 is 4.90 Å². The van der Waals surface area contributed by atoms with Crippen molar-refractivity contribution in [2.24, 2.45) is 0 Å². The highest BCUT2D eigenvalue weighted by Crippen LogP contribution is 2.13. The van der Waals surface area contributed by atoms with E-state index in [1.165, 1.54) is 5.56 Å². The van der Waals surface area contributed by atoms with Gasteiger partial charge in [0, 0.05) is 14.1 Å². The van der Waals surface area contributed by atoms with E-state index < -0.39 is 0 Å². The first-order chi connectivity index (χ1) is 7.16. The fourth-order valence-corrected chi connectivity index (χ4v) is 1.38. The first-order valence-electron chi connectivity index (χ1n) is 4.96. The second-order valence-electron chi connectivity index (χ2n) is 3.87. The van der Waals surface area contributed by atoms with Gasteiger partial charge in [0.15, 0.2) is 0 Å². The summed E-state index contributed by atoms with van der Waals surface area (Å²) in [4.78, 5) is 2.04. The molecule has 1 aromatic heterocycles. The zero-order valence-corrected chi connectivity index (χ0v) is 9.31. The van der Waals surface area contributed by atoms with Gasteiger partial charge in [-0.3, -0.25) is 0 Å². The molecule has 15 heavy (non-hydrogen) atoms. The predicted molar refractivity (Wildman–Crippen MR) is 62.6 cm³/mol. The second kappa shape index (κ2) is 3.77. The molecule has 2 aromatic rings. The highest BCUT2D eigenvalue weighted by atomic mass is 15.3. The van der Waals surface area contributed by atoms with E-state index in [0.717, 1.165) is 11.4 Å². The summed E-state index contributed by atoms with van der Waals surface area (Å²) in [6.45, 7) is 2.08. The topological polar surface area (TPSA) is 21.1 Å². The summed E-state index contributed by atoms with van der Waals surface area (Å²) in [6.07, 6.45) is 3.88. The van der Waals surface area contributed by atoms with Crippen molar-refractivity contribution >= 4 is 5.69 Å². The maximum atomic E-state index is 4.31. The van der Waals surface area contributed by atoms with Gasteiger partial charge >= 0.3 is 0 Å². The van der Waals surface area contributed by atoms with Crippen LogP contribution in [0.1, 0.15) is 5.56 Å². The Hall–Kier alpha value is -1.77. The number of hydrogen-bond acceptors (Lipinski definition) is 2. The van der Waals surface area contributed by atoms with Crippen LogP contribution in [0.25, 0.3) is 5.69 Å². The summed E-state index contributed by atoms with van der Waals surface area (Å²) in [7, 11) is 4.02. The van der Waals surface area contributed by atoms with E-state index in [4.69, 9.17) is 0 Å². The van der Waals surface area contributed by atoms with Crippen molar-refractivity contribution < 1.29 is 0 Å². The minimum atomic E-state index is 1.09. The van der Waals surface area contributed by atoms with Gasteiger partial charge in [0.2, 0.25) is 0 Å². The highest BCUT2D eigenvalue weighted by molar-refractivity contribution is 5.44. The lowest BCUT2D eigenvalue weighted by Gasteiger charge is -2.07. The number of benzene rings is 1. The predicted octanol–water partition coefficient (Wildman–Crippen LogP) is 2.25. The molecule has 3 heteroatoms. The van der Waals surface area contributed by atoms with E-state index in [9.17, 15) is 0 Å². The molecule has 1 aromatic carbocycles. The summed E-state index contributed by atoms with van der Waals surface area (Å²) in [5, 5.41) is 4.31. The number of rotatable bonds is 2. The lowest BCUT2D eigenvalue weighted by molar-refractivity contribution is 0.880. The molecule has 78 valence electrons. The summed E-state index contributed by atoms with van der Waals surface area (Å²) < 4.78 is 1.88. The Balaban J connectivity index is 2.33. The van der Waals surface area contributed by atoms with Gasteiger partial charge in [0.05, 0.1) is 23.8 Å². The first-order valence-corrected chi connectivity index (χ1v) is 4.96. The molecular formula is C12H15N3. The Bertz CT molecular complexity index is 440. The zero-order chi connectivity index (χ0) is 10.8. The molecule has 0 radical (unpaired) electrons. The van der Waals surface area contributed by atoms with Gasteiger partial charge in [-0.2, -0.15) is 5.10 Å². The molecule has 0 aliphatic rings. The molecule has 0 N–H and O–H groups in total. The SMILES string of the molecule is Cc1ccc(-n2cc(N(C)C)cn2)cc1. The Morgan fingerprint density at radius 2 is 1.80 bits per heavy atom. The molecule has 0 unspecified atom stereocenters. The van der Waals surface area contributed by atoms with Crippen LogP contribution < -0.4 is 4.90 Å². The molecule has 0 aliphatic carbocycles. The zero-order valence-electron chi connectivity index (χ0n) is 9.31. The van der Waals surface area contributed by atoms with Crippen molar-refractivity contribution in [1.82, 2.24) is 9.78 Å². The second-order valence-corrected chi connectivity index (χ2v) is 3.87. The van der Waals surface area contributed by atoms with E-state index in [-0.39, 0.29) is 0 Å². The monoisotopic (exact) mass is 201 g/mol. The first kappa shape index (κ1) is 9.77. The lowest BCUT2D eigenvalue weighted by Crippen LogP contribution is -2.07. The minimum Gasteiger partial charge on any atom is -0.375 e. The van der Waals surface area contributed by atoms with Gasteiger partial charge in [-0.25, -0.2) is 4.68 Å². The quantitative estimate of drug-likeness (QED) is 0.743. The molecule has 0 spiro atoms. The van der Waals surface area contributed by atoms with Crippen molar-refractivity contribution in [1.29, 1.82) is 0 Å². The third-order valence-corrected chi connectivity index (χ3v) is 2.38. The fraction of sp³-hybridized carbons (Fsp3) is 0.250. The van der Waals surface area contributed by atoms with Crippen LogP contribution in [0, 0.1) is 6.92 Å². The van der Waals surface area contributed by atoms with Gasteiger partial charge in [-0.05, 0) is 19.1 Å². The molecule has 1 heterocycles. The molecule has 0 aliphatic heterocycles. The molecule has 0 amide bonds. The summed E-state index contributed by atoms with van der Waals surface area (Å²) in [5.74, 6) is 0. The molecule has 3 nitrogen and oxygen atoms in total. The summed E-state index contributed by atoms with van der Waals surface area (Å²) in [5.41, 5.74) is 3.46. The molecule has 0 bridgehead atoms. The number of hydrogen-bond donors (Lipinski definition) is 0. The number of aryl methyl sites for hydroxylation is 1. The van der Waals surface area contributed by atoms with Gasteiger partial charge in [-0.1, -0.05) is 17.7 Å². The highest BCUT2D eigenvalue weighted by Gasteiger charge is 2.01. The van der Waals surface area contributed by atoms with E-state index >= 15 is 0 Å². The third kappa shape index (κ3) is 2.01. The van der Waals surface area contributed by atoms with Crippen molar-refractivity contribution in [3.05, 3.63) is 42.2 Å². The Morgan fingerprint density at radius 3 is 2.33 bits per heavy atom. The average Bonchev–Trinajstić information content (AvgIpc) is 2.68. The number of nitrogens with zero attached hydrogens (tertiary/aromatic N) is 3. The molecule has 0 saturated heterocycles. The molecule has 0 atom stereocenters. The van der Waals surface area contributed by atoms with Crippen molar-refractivity contribution in [2.75, 3.05) is 19.0 Å². The van der Waals surface area contributed by atoms with Crippen LogP contribution >= 0.6 is 0 Å². The largest absolute Gasteiger partial charge is 0.375 e. The average molecular weight is 201 g/mol. The van der Waals surface area contributed by atoms with Gasteiger partial charge in [-0.15, -0.1) is 0 Å². The van der Waals surface area contributed by atoms with Crippen LogP contribution in [0.5, 0.6) is 0 Å². The maximum Gasteiger partial charge on any atom is 0.0752 e. The van der Waals surface area contributed by atoms with E-state index in [1.807, 2.05) is 36.1 Å². The smallest absolute Gasteiger partial charge is 0.0752 e. The molecule has 0 saturated carbocycles. The van der Waals surface area contributed by atoms with Crippen LogP contribution in [0.3, 0.4) is 0 Å². The Kier molecular flexibility index (Phi) is 2.46. The third-order valence-electron chi connectivity index (χ3n) is 2.38. The van der Waals surface area contributed by atoms with E-state index in [1.54, 1.807) is 0 Å². The van der Waals surface area contributed by atoms with Crippen LogP contribution in [0.4, 0.5) is 5.69 Å². The minimum absolute atomic E-state index is 1.09. The van der Waals surface area contributed by atoms with Gasteiger partial charge in [0.1, 0.15) is 0 Å². The summed E-state index contributed by atoms with van der Waals surface area (Å²) in [6, 6.07) is 8.32. The lowest BCUT2D eigenvalue weighted by atomic mass is 10.2. The van der Waals surface area contributed by atoms with E-state index in [0.29, 0.717) is 0 Å². The number of aromatic nitrogens is 2. The van der Waals surface area contributed by atoms with Crippen LogP contribution in [0.2, 0.25) is 0 Å². The van der Waals surface area contributed by atoms with Crippen LogP contribution in [-0.2, 0) is 0 Å². The fourth-order valence-electron chi connectivity index (χ4n) is 1.38. The van der Waals surface area contributed by atoms with E-state index in [2.05, 4.69) is 36.3 Å². The summed E-state index contributed by atoms with van der Waals surface area (Å²) >= 11 is 0. The Labute approximate surface area is 90.0 Å². The normalized spacial score (nSPS) is 10.3. The van der Waals surface area contributed by atoms with Crippen molar-refractivity contribution in [2.45, 2.75) is 6.92 Å². The van der Waals surface area contributed by atoms with Crippen molar-refractivity contribution in [3.8, 4) is 5.69 Å². The van der Waals surface area contributed by atoms with Gasteiger partial charge in [0.25, 0.3) is 0 Å². The molecular weight excluding hydrogens is 186 g/mol. The Morgan fingerprint density at radius 1 is 1.13 bits per heavy atom. The molecule has 0 fully saturated rings. The number of anilines is 1. The maximum absolute atomic E-state index is 4.31. The van der Waals surface area contributed by atoms with Crippen LogP contribution in [-0.4, -0.2) is 23.9 Å². The molecule has 2 rings (SSSR count). The van der Waals surface area contributed by atoms with Crippen molar-refractivity contribution in [3.63, 3.8) is 0 Å². The standard InChI is InChI=1S/C12H15N3/c1-10-4-6-11(7-5-10)15-9-12(8-13-15)14(2)3/h4-9H,1-3H3. The van der Waals surface area contributed by atoms with Crippen LogP contribution in [0.15, 0.2) is 36.7 Å².